The van der Waals surface area contributed by atoms with Crippen LogP contribution in [-0.2, 0) is 0 Å². The molecular weight excluding hydrogens is 468 g/mol. The lowest BCUT2D eigenvalue weighted by molar-refractivity contribution is 0.566. The Morgan fingerprint density at radius 1 is 0.538 bits per heavy atom. The highest BCUT2D eigenvalue weighted by Gasteiger charge is 1.90. The van der Waals surface area contributed by atoms with E-state index in [1.54, 1.807) is 0 Å². The third-order valence-corrected chi connectivity index (χ3v) is 6.35. The molecule has 0 unspecified atom stereocenters. The van der Waals surface area contributed by atoms with Crippen molar-refractivity contribution in [3.8, 4) is 0 Å². The van der Waals surface area contributed by atoms with E-state index < -0.39 is 0 Å². The number of hydrogen-bond donors (Lipinski definition) is 0. The van der Waals surface area contributed by atoms with Gasteiger partial charge in [-0.3, -0.25) is 0 Å². The minimum Gasteiger partial charge on any atom is -0.0985 e. The highest BCUT2D eigenvalue weighted by molar-refractivity contribution is 5.51. The predicted molar refractivity (Wildman–Crippen MR) is 181 cm³/mol. The third-order valence-electron chi connectivity index (χ3n) is 6.35. The number of rotatable bonds is 12. The van der Waals surface area contributed by atoms with Gasteiger partial charge in [0.15, 0.2) is 0 Å². The van der Waals surface area contributed by atoms with Crippen molar-refractivity contribution < 1.29 is 0 Å². The molecule has 0 aromatic heterocycles. The second-order valence-electron chi connectivity index (χ2n) is 9.98. The molecule has 0 saturated heterocycles. The fourth-order valence-electron chi connectivity index (χ4n) is 3.80. The van der Waals surface area contributed by atoms with E-state index in [0.717, 1.165) is 6.42 Å². The lowest BCUT2D eigenvalue weighted by Crippen LogP contribution is -1.80. The molecule has 3 rings (SSSR count). The van der Waals surface area contributed by atoms with Gasteiger partial charge < -0.3 is 0 Å². The first-order valence-electron chi connectivity index (χ1n) is 14.8. The van der Waals surface area contributed by atoms with Crippen molar-refractivity contribution in [2.24, 2.45) is 0 Å². The Bertz CT molecular complexity index is 996. The Hall–Kier alpha value is -3.12. The molecule has 0 heteroatoms. The molecule has 3 aromatic rings. The van der Waals surface area contributed by atoms with Crippen LogP contribution in [0.5, 0.6) is 0 Å². The van der Waals surface area contributed by atoms with Crippen LogP contribution in [0, 0.1) is 27.7 Å². The van der Waals surface area contributed by atoms with E-state index in [1.165, 1.54) is 91.2 Å². The van der Waals surface area contributed by atoms with Gasteiger partial charge in [0.1, 0.15) is 0 Å². The molecule has 0 bridgehead atoms. The summed E-state index contributed by atoms with van der Waals surface area (Å²) < 4.78 is 0. The second kappa shape index (κ2) is 25.2. The van der Waals surface area contributed by atoms with Gasteiger partial charge in [0.05, 0.1) is 0 Å². The van der Waals surface area contributed by atoms with Gasteiger partial charge in [0.25, 0.3) is 0 Å². The summed E-state index contributed by atoms with van der Waals surface area (Å²) in [6, 6.07) is 24.7. The van der Waals surface area contributed by atoms with Gasteiger partial charge in [-0.25, -0.2) is 0 Å². The smallest absolute Gasteiger partial charge is 0.0233 e. The molecule has 0 aliphatic heterocycles. The van der Waals surface area contributed by atoms with Crippen molar-refractivity contribution in [1.82, 2.24) is 0 Å². The Morgan fingerprint density at radius 2 is 1.10 bits per heavy atom. The number of aryl methyl sites for hydroxylation is 3. The van der Waals surface area contributed by atoms with Crippen molar-refractivity contribution in [3.63, 3.8) is 0 Å². The maximum absolute atomic E-state index is 3.84. The monoisotopic (exact) mass is 523 g/mol. The summed E-state index contributed by atoms with van der Waals surface area (Å²) >= 11 is 0. The molecule has 0 spiro atoms. The molecular formula is C39H55. The molecule has 0 N–H and O–H groups in total. The summed E-state index contributed by atoms with van der Waals surface area (Å²) in [5.74, 6) is 0. The molecule has 3 aromatic carbocycles. The Kier molecular flexibility index (Phi) is 23.2. The average Bonchev–Trinajstić information content (AvgIpc) is 2.96. The number of benzene rings is 3. The van der Waals surface area contributed by atoms with Crippen molar-refractivity contribution in [3.05, 3.63) is 133 Å². The first kappa shape index (κ1) is 35.9. The van der Waals surface area contributed by atoms with Crippen LogP contribution >= 0.6 is 0 Å². The summed E-state index contributed by atoms with van der Waals surface area (Å²) in [5.41, 5.74) is 7.45. The summed E-state index contributed by atoms with van der Waals surface area (Å²) in [7, 11) is 0. The molecule has 0 heterocycles. The highest BCUT2D eigenvalue weighted by Crippen LogP contribution is 2.10. The zero-order chi connectivity index (χ0) is 29.1. The van der Waals surface area contributed by atoms with Crippen LogP contribution in [0.25, 0.3) is 18.2 Å². The first-order valence-corrected chi connectivity index (χ1v) is 14.8. The summed E-state index contributed by atoms with van der Waals surface area (Å²) in [5, 5.41) is 0. The van der Waals surface area contributed by atoms with Gasteiger partial charge in [0.2, 0.25) is 0 Å². The van der Waals surface area contributed by atoms with Crippen LogP contribution in [0.2, 0.25) is 0 Å². The lowest BCUT2D eigenvalue weighted by atomic mass is 10.1. The van der Waals surface area contributed by atoms with Gasteiger partial charge in [-0.05, 0) is 43.0 Å². The van der Waals surface area contributed by atoms with Crippen LogP contribution in [-0.4, -0.2) is 0 Å². The standard InChI is InChI=1S/C12H25.3C9H10/c1-3-5-7-9-11-12-10-8-6-4-2;1-3-9-6-4-8(2)5-7-9;1-3-9-6-4-5-8(2)7-9;1-3-9-7-5-4-6-8(9)2/h1,3-12H2,2H3;3*3-7H,1H2,2H3. The molecule has 0 fully saturated rings. The Balaban J connectivity index is 0.000000497. The van der Waals surface area contributed by atoms with Gasteiger partial charge in [-0.1, -0.05) is 200 Å². The minimum absolute atomic E-state index is 1.12. The van der Waals surface area contributed by atoms with Crippen molar-refractivity contribution in [2.75, 3.05) is 0 Å². The van der Waals surface area contributed by atoms with E-state index in [2.05, 4.69) is 103 Å². The molecule has 0 aliphatic carbocycles. The van der Waals surface area contributed by atoms with E-state index in [9.17, 15) is 0 Å². The van der Waals surface area contributed by atoms with Gasteiger partial charge in [0, 0.05) is 0 Å². The van der Waals surface area contributed by atoms with Crippen LogP contribution in [0.1, 0.15) is 105 Å². The van der Waals surface area contributed by atoms with Crippen LogP contribution in [0.3, 0.4) is 0 Å². The molecule has 0 nitrogen and oxygen atoms in total. The fourth-order valence-corrected chi connectivity index (χ4v) is 3.80. The normalized spacial score (nSPS) is 9.46. The number of hydrogen-bond acceptors (Lipinski definition) is 0. The zero-order valence-corrected chi connectivity index (χ0v) is 25.6. The van der Waals surface area contributed by atoms with E-state index in [1.807, 2.05) is 42.5 Å². The highest BCUT2D eigenvalue weighted by atomic mass is 14.0. The predicted octanol–water partition coefficient (Wildman–Crippen LogP) is 12.7. The summed E-state index contributed by atoms with van der Waals surface area (Å²) in [6.45, 7) is 23.4. The van der Waals surface area contributed by atoms with E-state index in [-0.39, 0.29) is 0 Å². The van der Waals surface area contributed by atoms with Crippen LogP contribution < -0.4 is 0 Å². The van der Waals surface area contributed by atoms with Crippen molar-refractivity contribution >= 4 is 18.2 Å². The van der Waals surface area contributed by atoms with E-state index in [0.29, 0.717) is 0 Å². The molecule has 211 valence electrons. The number of unbranched alkanes of at least 4 members (excludes halogenated alkanes) is 9. The maximum Gasteiger partial charge on any atom is -0.0233 e. The second-order valence-corrected chi connectivity index (χ2v) is 9.98. The maximum atomic E-state index is 3.84. The van der Waals surface area contributed by atoms with Crippen LogP contribution in [0.4, 0.5) is 0 Å². The Labute approximate surface area is 242 Å². The van der Waals surface area contributed by atoms with Crippen LogP contribution in [0.15, 0.2) is 92.5 Å². The molecule has 0 saturated carbocycles. The quantitative estimate of drug-likeness (QED) is 0.207. The molecule has 0 amide bonds. The van der Waals surface area contributed by atoms with Gasteiger partial charge in [-0.2, -0.15) is 0 Å². The average molecular weight is 524 g/mol. The first-order chi connectivity index (χ1) is 18.9. The molecule has 1 radical (unpaired) electrons. The van der Waals surface area contributed by atoms with E-state index >= 15 is 0 Å². The molecule has 0 atom stereocenters. The fraction of sp³-hybridized carbons (Fsp3) is 0.359. The lowest BCUT2D eigenvalue weighted by Gasteiger charge is -1.99. The molecule has 0 aliphatic rings. The topological polar surface area (TPSA) is 0 Å². The van der Waals surface area contributed by atoms with E-state index in [4.69, 9.17) is 0 Å². The zero-order valence-electron chi connectivity index (χ0n) is 25.6. The summed E-state index contributed by atoms with van der Waals surface area (Å²) in [6.07, 6.45) is 19.5. The SMILES string of the molecule is C=Cc1ccc(C)cc1.C=Cc1cccc(C)c1.C=Cc1ccccc1C.[CH2]CCCCCCCCCCC. The largest absolute Gasteiger partial charge is 0.0985 e. The third kappa shape index (κ3) is 20.5. The Morgan fingerprint density at radius 3 is 1.54 bits per heavy atom. The molecule has 39 heavy (non-hydrogen) atoms. The van der Waals surface area contributed by atoms with Gasteiger partial charge in [-0.15, -0.1) is 0 Å². The summed E-state index contributed by atoms with van der Waals surface area (Å²) in [4.78, 5) is 0. The minimum atomic E-state index is 1.12. The van der Waals surface area contributed by atoms with Crippen molar-refractivity contribution in [1.29, 1.82) is 0 Å². The van der Waals surface area contributed by atoms with Crippen molar-refractivity contribution in [2.45, 2.75) is 91.9 Å². The van der Waals surface area contributed by atoms with Gasteiger partial charge >= 0.3 is 0 Å².